The molecule has 0 radical (unpaired) electrons. The monoisotopic (exact) mass is 257 g/mol. The molecule has 3 aromatic rings. The van der Waals surface area contributed by atoms with Gasteiger partial charge >= 0.3 is 0 Å². The quantitative estimate of drug-likeness (QED) is 0.705. The van der Waals surface area contributed by atoms with E-state index >= 15 is 0 Å². The lowest BCUT2D eigenvalue weighted by atomic mass is 10.2. The number of rotatable bonds is 2. The van der Waals surface area contributed by atoms with E-state index in [2.05, 4.69) is 10.2 Å². The molecule has 1 heterocycles. The summed E-state index contributed by atoms with van der Waals surface area (Å²) in [6.45, 7) is 0. The molecule has 0 N–H and O–H groups in total. The summed E-state index contributed by atoms with van der Waals surface area (Å²) in [4.78, 5) is 0. The normalized spacial score (nSPS) is 10.6. The average Bonchev–Trinajstić information content (AvgIpc) is 2.92. The molecule has 5 heteroatoms. The maximum absolute atomic E-state index is 13.8. The van der Waals surface area contributed by atoms with Crippen LogP contribution in [0.25, 0.3) is 17.1 Å². The van der Waals surface area contributed by atoms with Gasteiger partial charge in [-0.15, -0.1) is 10.2 Å². The first-order chi connectivity index (χ1) is 9.27. The Kier molecular flexibility index (Phi) is 2.79. The number of halogens is 2. The first kappa shape index (κ1) is 11.5. The Balaban J connectivity index is 2.18. The fourth-order valence-corrected chi connectivity index (χ4v) is 1.87. The summed E-state index contributed by atoms with van der Waals surface area (Å²) in [7, 11) is 0. The van der Waals surface area contributed by atoms with Gasteiger partial charge in [-0.3, -0.25) is 4.57 Å². The van der Waals surface area contributed by atoms with Gasteiger partial charge in [0.15, 0.2) is 17.5 Å². The van der Waals surface area contributed by atoms with Gasteiger partial charge in [0.2, 0.25) is 0 Å². The van der Waals surface area contributed by atoms with Gasteiger partial charge in [0, 0.05) is 5.69 Å². The molecule has 1 aromatic heterocycles. The summed E-state index contributed by atoms with van der Waals surface area (Å²) in [6.07, 6.45) is 1.47. The van der Waals surface area contributed by atoms with Crippen molar-refractivity contribution in [2.75, 3.05) is 0 Å². The van der Waals surface area contributed by atoms with Crippen molar-refractivity contribution in [2.24, 2.45) is 0 Å². The molecule has 0 saturated carbocycles. The molecule has 3 rings (SSSR count). The minimum absolute atomic E-state index is 0.0846. The first-order valence-corrected chi connectivity index (χ1v) is 5.67. The van der Waals surface area contributed by atoms with Crippen molar-refractivity contribution >= 4 is 0 Å². The molecule has 0 spiro atoms. The Morgan fingerprint density at radius 3 is 2.47 bits per heavy atom. The molecule has 0 fully saturated rings. The minimum atomic E-state index is -0.923. The molecule has 2 aromatic carbocycles. The molecule has 0 aliphatic rings. The Hall–Kier alpha value is -2.56. The lowest BCUT2D eigenvalue weighted by Gasteiger charge is -2.07. The van der Waals surface area contributed by atoms with Crippen LogP contribution >= 0.6 is 0 Å². The van der Waals surface area contributed by atoms with Crippen molar-refractivity contribution in [3.8, 4) is 17.1 Å². The zero-order valence-electron chi connectivity index (χ0n) is 9.79. The van der Waals surface area contributed by atoms with Gasteiger partial charge < -0.3 is 0 Å². The third-order valence-corrected chi connectivity index (χ3v) is 2.77. The molecule has 0 amide bonds. The van der Waals surface area contributed by atoms with E-state index in [0.29, 0.717) is 0 Å². The minimum Gasteiger partial charge on any atom is -0.282 e. The number of nitrogens with zero attached hydrogens (tertiary/aromatic N) is 3. The Morgan fingerprint density at radius 2 is 1.68 bits per heavy atom. The first-order valence-electron chi connectivity index (χ1n) is 5.67. The van der Waals surface area contributed by atoms with Crippen molar-refractivity contribution < 1.29 is 8.78 Å². The zero-order valence-corrected chi connectivity index (χ0v) is 9.79. The van der Waals surface area contributed by atoms with Crippen LogP contribution in [0.4, 0.5) is 8.78 Å². The second kappa shape index (κ2) is 4.61. The molecule has 0 aliphatic heterocycles. The van der Waals surface area contributed by atoms with E-state index in [1.54, 1.807) is 4.57 Å². The van der Waals surface area contributed by atoms with Crippen molar-refractivity contribution in [2.45, 2.75) is 0 Å². The second-order valence-corrected chi connectivity index (χ2v) is 3.96. The third kappa shape index (κ3) is 1.99. The van der Waals surface area contributed by atoms with Crippen LogP contribution in [0.5, 0.6) is 0 Å². The highest BCUT2D eigenvalue weighted by atomic mass is 19.2. The predicted octanol–water partition coefficient (Wildman–Crippen LogP) is 3.21. The van der Waals surface area contributed by atoms with Crippen LogP contribution < -0.4 is 0 Å². The van der Waals surface area contributed by atoms with Crippen LogP contribution in [0, 0.1) is 11.6 Å². The number of benzene rings is 2. The fourth-order valence-electron chi connectivity index (χ4n) is 1.87. The van der Waals surface area contributed by atoms with Crippen LogP contribution in [0.1, 0.15) is 0 Å². The number of para-hydroxylation sites is 1. The molecule has 0 bridgehead atoms. The van der Waals surface area contributed by atoms with Crippen molar-refractivity contribution in [3.05, 3.63) is 66.5 Å². The van der Waals surface area contributed by atoms with E-state index < -0.39 is 11.6 Å². The summed E-state index contributed by atoms with van der Waals surface area (Å²) in [5.41, 5.74) is 0.868. The SMILES string of the molecule is Fc1cccc(-c2nncn2-c2ccccc2)c1F. The van der Waals surface area contributed by atoms with Crippen LogP contribution in [0.3, 0.4) is 0 Å². The molecule has 94 valence electrons. The molecular weight excluding hydrogens is 248 g/mol. The summed E-state index contributed by atoms with van der Waals surface area (Å²) in [5, 5.41) is 7.64. The van der Waals surface area contributed by atoms with Gasteiger partial charge in [-0.25, -0.2) is 8.78 Å². The molecular formula is C14H9F2N3. The van der Waals surface area contributed by atoms with Gasteiger partial charge in [0.25, 0.3) is 0 Å². The molecule has 0 saturated heterocycles. The highest BCUT2D eigenvalue weighted by molar-refractivity contribution is 5.58. The lowest BCUT2D eigenvalue weighted by Crippen LogP contribution is -1.99. The molecule has 19 heavy (non-hydrogen) atoms. The van der Waals surface area contributed by atoms with Gasteiger partial charge in [-0.05, 0) is 24.3 Å². The maximum atomic E-state index is 13.8. The summed E-state index contributed by atoms with van der Waals surface area (Å²) >= 11 is 0. The fraction of sp³-hybridized carbons (Fsp3) is 0. The van der Waals surface area contributed by atoms with E-state index in [9.17, 15) is 8.78 Å². The summed E-state index contributed by atoms with van der Waals surface area (Å²) in [5.74, 6) is -1.56. The van der Waals surface area contributed by atoms with Gasteiger partial charge in [-0.2, -0.15) is 0 Å². The number of aromatic nitrogens is 3. The van der Waals surface area contributed by atoms with Crippen LogP contribution in [0.2, 0.25) is 0 Å². The maximum Gasteiger partial charge on any atom is 0.171 e. The van der Waals surface area contributed by atoms with E-state index in [1.165, 1.54) is 18.5 Å². The highest BCUT2D eigenvalue weighted by Gasteiger charge is 2.15. The molecule has 0 unspecified atom stereocenters. The highest BCUT2D eigenvalue weighted by Crippen LogP contribution is 2.24. The van der Waals surface area contributed by atoms with E-state index in [-0.39, 0.29) is 11.4 Å². The number of hydrogen-bond acceptors (Lipinski definition) is 2. The summed E-state index contributed by atoms with van der Waals surface area (Å²) in [6, 6.07) is 13.2. The van der Waals surface area contributed by atoms with Crippen LogP contribution in [0.15, 0.2) is 54.9 Å². The Labute approximate surface area is 108 Å². The predicted molar refractivity (Wildman–Crippen MR) is 66.7 cm³/mol. The largest absolute Gasteiger partial charge is 0.282 e. The van der Waals surface area contributed by atoms with Crippen LogP contribution in [-0.2, 0) is 0 Å². The molecule has 3 nitrogen and oxygen atoms in total. The summed E-state index contributed by atoms with van der Waals surface area (Å²) < 4.78 is 28.7. The number of hydrogen-bond donors (Lipinski definition) is 0. The topological polar surface area (TPSA) is 30.7 Å². The smallest absolute Gasteiger partial charge is 0.171 e. The zero-order chi connectivity index (χ0) is 13.2. The van der Waals surface area contributed by atoms with E-state index in [0.717, 1.165) is 11.8 Å². The van der Waals surface area contributed by atoms with E-state index in [4.69, 9.17) is 0 Å². The third-order valence-electron chi connectivity index (χ3n) is 2.77. The van der Waals surface area contributed by atoms with Gasteiger partial charge in [-0.1, -0.05) is 24.3 Å². The Morgan fingerprint density at radius 1 is 0.895 bits per heavy atom. The van der Waals surface area contributed by atoms with Gasteiger partial charge in [0.05, 0.1) is 5.56 Å². The van der Waals surface area contributed by atoms with Crippen LogP contribution in [-0.4, -0.2) is 14.8 Å². The van der Waals surface area contributed by atoms with Crippen molar-refractivity contribution in [3.63, 3.8) is 0 Å². The lowest BCUT2D eigenvalue weighted by molar-refractivity contribution is 0.510. The standard InChI is InChI=1S/C14H9F2N3/c15-12-8-4-7-11(13(12)16)14-18-17-9-19(14)10-5-2-1-3-6-10/h1-9H. The molecule has 0 aliphatic carbocycles. The Bertz CT molecular complexity index is 708. The van der Waals surface area contributed by atoms with Crippen molar-refractivity contribution in [1.82, 2.24) is 14.8 Å². The van der Waals surface area contributed by atoms with Gasteiger partial charge in [0.1, 0.15) is 6.33 Å². The molecule has 0 atom stereocenters. The van der Waals surface area contributed by atoms with E-state index in [1.807, 2.05) is 30.3 Å². The average molecular weight is 257 g/mol. The van der Waals surface area contributed by atoms with Crippen molar-refractivity contribution in [1.29, 1.82) is 0 Å². The second-order valence-electron chi connectivity index (χ2n) is 3.96.